The number of hydrogen-bond acceptors (Lipinski definition) is 1. The second-order valence-corrected chi connectivity index (χ2v) is 2.21. The molecule has 0 aliphatic carbocycles. The van der Waals surface area contributed by atoms with Gasteiger partial charge in [-0.15, -0.1) is 0 Å². The molecule has 0 aliphatic rings. The molecule has 0 aromatic rings. The minimum absolute atomic E-state index is 0.380. The molecular formula is C8H17O. The molecule has 9 heavy (non-hydrogen) atoms. The molecule has 1 atom stereocenters. The van der Waals surface area contributed by atoms with Gasteiger partial charge in [0, 0.05) is 7.11 Å². The fraction of sp³-hybridized carbons (Fsp3) is 0.875. The molecular weight excluding hydrogens is 112 g/mol. The molecule has 0 amide bonds. The maximum absolute atomic E-state index is 5.15. The van der Waals surface area contributed by atoms with Crippen molar-refractivity contribution in [3.8, 4) is 0 Å². The molecule has 0 aromatic carbocycles. The first kappa shape index (κ1) is 8.96. The highest BCUT2D eigenvalue weighted by Gasteiger charge is 2.01. The highest BCUT2D eigenvalue weighted by atomic mass is 16.5. The van der Waals surface area contributed by atoms with E-state index in [1.165, 1.54) is 12.8 Å². The third-order valence-corrected chi connectivity index (χ3v) is 1.42. The summed E-state index contributed by atoms with van der Waals surface area (Å²) in [7, 11) is 1.76. The van der Waals surface area contributed by atoms with E-state index in [4.69, 9.17) is 4.74 Å². The van der Waals surface area contributed by atoms with Crippen LogP contribution in [-0.4, -0.2) is 13.2 Å². The summed E-state index contributed by atoms with van der Waals surface area (Å²) in [5.74, 6) is 0. The van der Waals surface area contributed by atoms with E-state index in [1.807, 2.05) is 0 Å². The molecule has 0 spiro atoms. The van der Waals surface area contributed by atoms with Gasteiger partial charge in [-0.1, -0.05) is 20.3 Å². The summed E-state index contributed by atoms with van der Waals surface area (Å²) in [6.07, 6.45) is 6.10. The van der Waals surface area contributed by atoms with Crippen molar-refractivity contribution < 1.29 is 4.74 Å². The van der Waals surface area contributed by atoms with E-state index in [0.29, 0.717) is 6.10 Å². The van der Waals surface area contributed by atoms with Crippen LogP contribution in [0.2, 0.25) is 0 Å². The van der Waals surface area contributed by atoms with Crippen molar-refractivity contribution in [1.82, 2.24) is 0 Å². The maximum Gasteiger partial charge on any atom is 0.0600 e. The summed E-state index contributed by atoms with van der Waals surface area (Å²) in [4.78, 5) is 0. The SMILES string of the molecule is CCC[CH]C(CC)OC. The Balaban J connectivity index is 3.09. The first-order valence-electron chi connectivity index (χ1n) is 3.71. The maximum atomic E-state index is 5.15. The Kier molecular flexibility index (Phi) is 6.06. The number of unbranched alkanes of at least 4 members (excludes halogenated alkanes) is 1. The second kappa shape index (κ2) is 6.09. The van der Waals surface area contributed by atoms with Crippen molar-refractivity contribution in [3.63, 3.8) is 0 Å². The van der Waals surface area contributed by atoms with E-state index < -0.39 is 0 Å². The van der Waals surface area contributed by atoms with Crippen LogP contribution in [0.3, 0.4) is 0 Å². The van der Waals surface area contributed by atoms with Gasteiger partial charge in [0.05, 0.1) is 6.10 Å². The molecule has 0 saturated carbocycles. The summed E-state index contributed by atoms with van der Waals surface area (Å²) in [5, 5.41) is 0. The van der Waals surface area contributed by atoms with Crippen LogP contribution in [0.1, 0.15) is 33.1 Å². The van der Waals surface area contributed by atoms with E-state index in [1.54, 1.807) is 7.11 Å². The van der Waals surface area contributed by atoms with E-state index in [-0.39, 0.29) is 0 Å². The van der Waals surface area contributed by atoms with E-state index >= 15 is 0 Å². The van der Waals surface area contributed by atoms with Crippen molar-refractivity contribution in [2.24, 2.45) is 0 Å². The molecule has 1 nitrogen and oxygen atoms in total. The molecule has 0 fully saturated rings. The van der Waals surface area contributed by atoms with Crippen molar-refractivity contribution in [1.29, 1.82) is 0 Å². The third kappa shape index (κ3) is 4.46. The van der Waals surface area contributed by atoms with Gasteiger partial charge in [-0.3, -0.25) is 0 Å². The summed E-state index contributed by atoms with van der Waals surface area (Å²) < 4.78 is 5.15. The number of hydrogen-bond donors (Lipinski definition) is 0. The van der Waals surface area contributed by atoms with Crippen LogP contribution >= 0.6 is 0 Å². The minimum atomic E-state index is 0.380. The Bertz CT molecular complexity index is 48.5. The van der Waals surface area contributed by atoms with Crippen LogP contribution in [0.4, 0.5) is 0 Å². The normalized spacial score (nSPS) is 13.7. The Hall–Kier alpha value is -0.0400. The van der Waals surface area contributed by atoms with Crippen molar-refractivity contribution in [2.45, 2.75) is 39.2 Å². The van der Waals surface area contributed by atoms with Crippen LogP contribution in [0.25, 0.3) is 0 Å². The van der Waals surface area contributed by atoms with Gasteiger partial charge in [-0.2, -0.15) is 0 Å². The van der Waals surface area contributed by atoms with Gasteiger partial charge in [0.1, 0.15) is 0 Å². The van der Waals surface area contributed by atoms with Crippen LogP contribution in [0.5, 0.6) is 0 Å². The monoisotopic (exact) mass is 129 g/mol. The topological polar surface area (TPSA) is 9.23 Å². The predicted octanol–water partition coefficient (Wildman–Crippen LogP) is 2.42. The zero-order chi connectivity index (χ0) is 7.11. The van der Waals surface area contributed by atoms with Gasteiger partial charge < -0.3 is 4.74 Å². The minimum Gasteiger partial charge on any atom is -0.381 e. The zero-order valence-corrected chi connectivity index (χ0v) is 6.68. The molecule has 0 N–H and O–H groups in total. The molecule has 0 rings (SSSR count). The molecule has 1 radical (unpaired) electrons. The van der Waals surface area contributed by atoms with Gasteiger partial charge in [-0.25, -0.2) is 0 Å². The number of methoxy groups -OCH3 is 1. The lowest BCUT2D eigenvalue weighted by Gasteiger charge is -2.10. The lowest BCUT2D eigenvalue weighted by molar-refractivity contribution is 0.122. The van der Waals surface area contributed by atoms with Crippen molar-refractivity contribution >= 4 is 0 Å². The van der Waals surface area contributed by atoms with E-state index in [0.717, 1.165) is 6.42 Å². The Morgan fingerprint density at radius 3 is 2.44 bits per heavy atom. The molecule has 0 aromatic heterocycles. The summed E-state index contributed by atoms with van der Waals surface area (Å²) >= 11 is 0. The summed E-state index contributed by atoms with van der Waals surface area (Å²) in [6, 6.07) is 0. The van der Waals surface area contributed by atoms with Gasteiger partial charge >= 0.3 is 0 Å². The number of ether oxygens (including phenoxy) is 1. The molecule has 1 unspecified atom stereocenters. The zero-order valence-electron chi connectivity index (χ0n) is 6.68. The summed E-state index contributed by atoms with van der Waals surface area (Å²) in [6.45, 7) is 4.32. The smallest absolute Gasteiger partial charge is 0.0600 e. The van der Waals surface area contributed by atoms with Crippen LogP contribution in [0, 0.1) is 6.42 Å². The Morgan fingerprint density at radius 2 is 2.11 bits per heavy atom. The standard InChI is InChI=1S/C8H17O/c1-4-6-7-8(5-2)9-3/h7-8H,4-6H2,1-3H3. The van der Waals surface area contributed by atoms with Crippen molar-refractivity contribution in [2.75, 3.05) is 7.11 Å². The lowest BCUT2D eigenvalue weighted by Crippen LogP contribution is -2.08. The van der Waals surface area contributed by atoms with E-state index in [9.17, 15) is 0 Å². The average molecular weight is 129 g/mol. The summed E-state index contributed by atoms with van der Waals surface area (Å²) in [5.41, 5.74) is 0. The Labute approximate surface area is 58.4 Å². The first-order chi connectivity index (χ1) is 4.35. The van der Waals surface area contributed by atoms with Crippen LogP contribution < -0.4 is 0 Å². The van der Waals surface area contributed by atoms with Gasteiger partial charge in [-0.05, 0) is 19.3 Å². The van der Waals surface area contributed by atoms with E-state index in [2.05, 4.69) is 20.3 Å². The fourth-order valence-electron chi connectivity index (χ4n) is 0.782. The molecule has 0 aliphatic heterocycles. The second-order valence-electron chi connectivity index (χ2n) is 2.21. The quantitative estimate of drug-likeness (QED) is 0.554. The predicted molar refractivity (Wildman–Crippen MR) is 40.3 cm³/mol. The number of rotatable bonds is 5. The van der Waals surface area contributed by atoms with Crippen LogP contribution in [-0.2, 0) is 4.74 Å². The molecule has 55 valence electrons. The average Bonchev–Trinajstić information content (AvgIpc) is 1.91. The largest absolute Gasteiger partial charge is 0.381 e. The highest BCUT2D eigenvalue weighted by molar-refractivity contribution is 4.74. The highest BCUT2D eigenvalue weighted by Crippen LogP contribution is 2.04. The van der Waals surface area contributed by atoms with Gasteiger partial charge in [0.25, 0.3) is 0 Å². The van der Waals surface area contributed by atoms with Crippen LogP contribution in [0.15, 0.2) is 0 Å². The third-order valence-electron chi connectivity index (χ3n) is 1.42. The molecule has 0 bridgehead atoms. The first-order valence-corrected chi connectivity index (χ1v) is 3.71. The van der Waals surface area contributed by atoms with Gasteiger partial charge in [0.15, 0.2) is 0 Å². The lowest BCUT2D eigenvalue weighted by atomic mass is 10.1. The van der Waals surface area contributed by atoms with Crippen molar-refractivity contribution in [3.05, 3.63) is 6.42 Å². The molecule has 1 heteroatoms. The fourth-order valence-corrected chi connectivity index (χ4v) is 0.782. The molecule has 0 saturated heterocycles. The Morgan fingerprint density at radius 1 is 1.44 bits per heavy atom. The van der Waals surface area contributed by atoms with Gasteiger partial charge in [0.2, 0.25) is 0 Å². The molecule has 0 heterocycles.